The molecule has 110 valence electrons. The summed E-state index contributed by atoms with van der Waals surface area (Å²) >= 11 is 0. The lowest BCUT2D eigenvalue weighted by molar-refractivity contribution is 0.0456. The van der Waals surface area contributed by atoms with Gasteiger partial charge in [-0.2, -0.15) is 0 Å². The number of ether oxygens (including phenoxy) is 2. The Morgan fingerprint density at radius 3 is 2.95 bits per heavy atom. The average molecular weight is 287 g/mol. The summed E-state index contributed by atoms with van der Waals surface area (Å²) in [6, 6.07) is 7.87. The van der Waals surface area contributed by atoms with Gasteiger partial charge in [-0.15, -0.1) is 0 Å². The molecule has 0 saturated heterocycles. The smallest absolute Gasteiger partial charge is 0.343 e. The van der Waals surface area contributed by atoms with Crippen LogP contribution in [0, 0.1) is 13.8 Å². The third-order valence-electron chi connectivity index (χ3n) is 3.74. The van der Waals surface area contributed by atoms with E-state index < -0.39 is 0 Å². The number of fused-ring (bicyclic) bond motifs is 1. The largest absolute Gasteiger partial charge is 0.493 e. The molecule has 5 heteroatoms. The lowest BCUT2D eigenvalue weighted by Gasteiger charge is -2.25. The van der Waals surface area contributed by atoms with E-state index in [4.69, 9.17) is 14.0 Å². The van der Waals surface area contributed by atoms with Gasteiger partial charge in [-0.3, -0.25) is 0 Å². The molecule has 1 aliphatic rings. The predicted octanol–water partition coefficient (Wildman–Crippen LogP) is 3.01. The van der Waals surface area contributed by atoms with Gasteiger partial charge < -0.3 is 14.0 Å². The van der Waals surface area contributed by atoms with Crippen LogP contribution in [0.3, 0.4) is 0 Å². The quantitative estimate of drug-likeness (QED) is 0.812. The van der Waals surface area contributed by atoms with Gasteiger partial charge in [-0.25, -0.2) is 4.79 Å². The van der Waals surface area contributed by atoms with Crippen molar-refractivity contribution in [2.24, 2.45) is 0 Å². The molecule has 0 aliphatic carbocycles. The van der Waals surface area contributed by atoms with Crippen LogP contribution in [0.4, 0.5) is 0 Å². The Morgan fingerprint density at radius 1 is 1.38 bits per heavy atom. The van der Waals surface area contributed by atoms with E-state index in [0.29, 0.717) is 30.2 Å². The first-order valence-corrected chi connectivity index (χ1v) is 6.98. The minimum atomic E-state index is -0.379. The van der Waals surface area contributed by atoms with Crippen LogP contribution < -0.4 is 4.74 Å². The van der Waals surface area contributed by atoms with Crippen molar-refractivity contribution in [1.82, 2.24) is 5.16 Å². The molecule has 2 aromatic rings. The van der Waals surface area contributed by atoms with Crippen molar-refractivity contribution in [1.29, 1.82) is 0 Å². The molecule has 0 bridgehead atoms. The summed E-state index contributed by atoms with van der Waals surface area (Å²) in [5.74, 6) is 1.15. The van der Waals surface area contributed by atoms with Crippen LogP contribution in [0.15, 0.2) is 28.8 Å². The van der Waals surface area contributed by atoms with Gasteiger partial charge >= 0.3 is 5.97 Å². The van der Waals surface area contributed by atoms with E-state index in [1.807, 2.05) is 24.3 Å². The molecule has 1 aliphatic heterocycles. The zero-order valence-electron chi connectivity index (χ0n) is 12.1. The SMILES string of the molecule is Cc1noc(C)c1C(=O)OC[C@H]1CCOc2ccccc21. The summed E-state index contributed by atoms with van der Waals surface area (Å²) in [4.78, 5) is 12.1. The molecule has 1 atom stereocenters. The number of hydrogen-bond donors (Lipinski definition) is 0. The lowest BCUT2D eigenvalue weighted by Crippen LogP contribution is -2.20. The number of hydrogen-bond acceptors (Lipinski definition) is 5. The fourth-order valence-corrected chi connectivity index (χ4v) is 2.61. The molecule has 1 aromatic carbocycles. The van der Waals surface area contributed by atoms with Gasteiger partial charge in [0.05, 0.1) is 18.9 Å². The predicted molar refractivity (Wildman–Crippen MR) is 75.6 cm³/mol. The van der Waals surface area contributed by atoms with E-state index in [0.717, 1.165) is 17.7 Å². The van der Waals surface area contributed by atoms with Gasteiger partial charge in [-0.1, -0.05) is 23.4 Å². The first-order valence-electron chi connectivity index (χ1n) is 6.98. The minimum Gasteiger partial charge on any atom is -0.493 e. The number of rotatable bonds is 3. The third-order valence-corrected chi connectivity index (χ3v) is 3.74. The number of esters is 1. The van der Waals surface area contributed by atoms with Gasteiger partial charge in [0.1, 0.15) is 17.1 Å². The van der Waals surface area contributed by atoms with Crippen LogP contribution in [0.5, 0.6) is 5.75 Å². The van der Waals surface area contributed by atoms with Crippen LogP contribution >= 0.6 is 0 Å². The Hall–Kier alpha value is -2.30. The van der Waals surface area contributed by atoms with Gasteiger partial charge in [0, 0.05) is 11.5 Å². The molecule has 1 aromatic heterocycles. The Bertz CT molecular complexity index is 643. The Labute approximate surface area is 122 Å². The molecule has 0 fully saturated rings. The van der Waals surface area contributed by atoms with Crippen LogP contribution in [0.2, 0.25) is 0 Å². The Morgan fingerprint density at radius 2 is 2.19 bits per heavy atom. The Balaban J connectivity index is 1.70. The second-order valence-electron chi connectivity index (χ2n) is 5.17. The highest BCUT2D eigenvalue weighted by Gasteiger charge is 2.24. The topological polar surface area (TPSA) is 61.6 Å². The molecule has 0 spiro atoms. The molecule has 21 heavy (non-hydrogen) atoms. The maximum Gasteiger partial charge on any atom is 0.343 e. The highest BCUT2D eigenvalue weighted by Crippen LogP contribution is 2.33. The molecule has 3 rings (SSSR count). The number of nitrogens with zero attached hydrogens (tertiary/aromatic N) is 1. The van der Waals surface area contributed by atoms with Crippen molar-refractivity contribution >= 4 is 5.97 Å². The number of carbonyl (C=O) groups is 1. The van der Waals surface area contributed by atoms with E-state index in [2.05, 4.69) is 5.16 Å². The monoisotopic (exact) mass is 287 g/mol. The van der Waals surface area contributed by atoms with Crippen molar-refractivity contribution in [3.63, 3.8) is 0 Å². The molecule has 5 nitrogen and oxygen atoms in total. The van der Waals surface area contributed by atoms with E-state index in [9.17, 15) is 4.79 Å². The van der Waals surface area contributed by atoms with Gasteiger partial charge in [-0.05, 0) is 26.3 Å². The Kier molecular flexibility index (Phi) is 3.64. The third kappa shape index (κ3) is 2.63. The summed E-state index contributed by atoms with van der Waals surface area (Å²) in [7, 11) is 0. The zero-order valence-corrected chi connectivity index (χ0v) is 12.1. The number of aromatic nitrogens is 1. The standard InChI is InChI=1S/C16H17NO4/c1-10-15(11(2)21-17-10)16(18)20-9-12-7-8-19-14-6-4-3-5-13(12)14/h3-6,12H,7-9H2,1-2H3/t12-/m1/s1. The summed E-state index contributed by atoms with van der Waals surface area (Å²) in [5, 5.41) is 3.77. The molecule has 0 unspecified atom stereocenters. The highest BCUT2D eigenvalue weighted by atomic mass is 16.5. The average Bonchev–Trinajstić information content (AvgIpc) is 2.84. The number of benzene rings is 1. The normalized spacial score (nSPS) is 17.0. The summed E-state index contributed by atoms with van der Waals surface area (Å²) < 4.78 is 16.0. The number of para-hydroxylation sites is 1. The fourth-order valence-electron chi connectivity index (χ4n) is 2.61. The first-order chi connectivity index (χ1) is 10.2. The highest BCUT2D eigenvalue weighted by molar-refractivity contribution is 5.91. The van der Waals surface area contributed by atoms with Crippen LogP contribution in [-0.2, 0) is 4.74 Å². The maximum absolute atomic E-state index is 12.1. The van der Waals surface area contributed by atoms with Crippen LogP contribution in [-0.4, -0.2) is 24.3 Å². The molecular formula is C16H17NO4. The molecular weight excluding hydrogens is 270 g/mol. The van der Waals surface area contributed by atoms with Crippen molar-refractivity contribution in [2.45, 2.75) is 26.2 Å². The maximum atomic E-state index is 12.1. The molecule has 0 amide bonds. The van der Waals surface area contributed by atoms with Crippen molar-refractivity contribution in [3.8, 4) is 5.75 Å². The fraction of sp³-hybridized carbons (Fsp3) is 0.375. The van der Waals surface area contributed by atoms with E-state index >= 15 is 0 Å². The van der Waals surface area contributed by atoms with Gasteiger partial charge in [0.2, 0.25) is 0 Å². The van der Waals surface area contributed by atoms with Crippen LogP contribution in [0.1, 0.15) is 39.7 Å². The van der Waals surface area contributed by atoms with E-state index in [-0.39, 0.29) is 11.9 Å². The number of carbonyl (C=O) groups excluding carboxylic acids is 1. The molecule has 0 saturated carbocycles. The molecule has 2 heterocycles. The van der Waals surface area contributed by atoms with Crippen molar-refractivity contribution < 1.29 is 18.8 Å². The van der Waals surface area contributed by atoms with Crippen molar-refractivity contribution in [3.05, 3.63) is 46.8 Å². The lowest BCUT2D eigenvalue weighted by atomic mass is 9.94. The second kappa shape index (κ2) is 5.60. The summed E-state index contributed by atoms with van der Waals surface area (Å²) in [6.45, 7) is 4.42. The minimum absolute atomic E-state index is 0.166. The molecule has 0 radical (unpaired) electrons. The first kappa shape index (κ1) is 13.7. The van der Waals surface area contributed by atoms with Gasteiger partial charge in [0.15, 0.2) is 0 Å². The number of aryl methyl sites for hydroxylation is 2. The zero-order chi connectivity index (χ0) is 14.8. The summed E-state index contributed by atoms with van der Waals surface area (Å²) in [6.07, 6.45) is 0.839. The second-order valence-corrected chi connectivity index (χ2v) is 5.17. The molecule has 0 N–H and O–H groups in total. The van der Waals surface area contributed by atoms with Crippen LogP contribution in [0.25, 0.3) is 0 Å². The van der Waals surface area contributed by atoms with E-state index in [1.165, 1.54) is 0 Å². The van der Waals surface area contributed by atoms with Gasteiger partial charge in [0.25, 0.3) is 0 Å². The summed E-state index contributed by atoms with van der Waals surface area (Å²) in [5.41, 5.74) is 2.08. The van der Waals surface area contributed by atoms with Crippen molar-refractivity contribution in [2.75, 3.05) is 13.2 Å². The van der Waals surface area contributed by atoms with E-state index in [1.54, 1.807) is 13.8 Å².